The molecule has 2 aromatic carbocycles. The minimum Gasteiger partial charge on any atom is -0.497 e. The number of nitrogens with one attached hydrogen (secondary N) is 2. The van der Waals surface area contributed by atoms with Gasteiger partial charge in [-0.1, -0.05) is 18.7 Å². The van der Waals surface area contributed by atoms with Gasteiger partial charge in [-0.05, 0) is 30.3 Å². The van der Waals surface area contributed by atoms with Gasteiger partial charge in [0.05, 0.1) is 27.0 Å². The molecule has 0 bridgehead atoms. The van der Waals surface area contributed by atoms with Crippen LogP contribution >= 0.6 is 0 Å². The van der Waals surface area contributed by atoms with Gasteiger partial charge >= 0.3 is 0 Å². The molecule has 1 amide bonds. The van der Waals surface area contributed by atoms with Crippen molar-refractivity contribution in [3.8, 4) is 17.2 Å². The summed E-state index contributed by atoms with van der Waals surface area (Å²) in [5.41, 5.74) is 1.77. The summed E-state index contributed by atoms with van der Waals surface area (Å²) >= 11 is 0. The molecule has 160 valence electrons. The lowest BCUT2D eigenvalue weighted by molar-refractivity contribution is -0.119. The summed E-state index contributed by atoms with van der Waals surface area (Å²) in [4.78, 5) is 17.8. The highest BCUT2D eigenvalue weighted by atomic mass is 16.5. The Morgan fingerprint density at radius 1 is 1.10 bits per heavy atom. The number of fused-ring (bicyclic) bond motifs is 1. The van der Waals surface area contributed by atoms with Crippen molar-refractivity contribution >= 4 is 17.5 Å². The van der Waals surface area contributed by atoms with Crippen molar-refractivity contribution in [1.29, 1.82) is 0 Å². The zero-order chi connectivity index (χ0) is 22.0. The van der Waals surface area contributed by atoms with Gasteiger partial charge < -0.3 is 24.8 Å². The smallest absolute Gasteiger partial charge is 0.236 e. The summed E-state index contributed by atoms with van der Waals surface area (Å²) < 4.78 is 18.0. The Morgan fingerprint density at radius 3 is 2.61 bits per heavy atom. The highest BCUT2D eigenvalue weighted by Crippen LogP contribution is 2.42. The first-order valence-electron chi connectivity index (χ1n) is 9.58. The maximum absolute atomic E-state index is 13.5. The topological polar surface area (TPSA) is 99.5 Å². The van der Waals surface area contributed by atoms with Crippen molar-refractivity contribution in [3.63, 3.8) is 0 Å². The van der Waals surface area contributed by atoms with E-state index in [4.69, 9.17) is 14.2 Å². The van der Waals surface area contributed by atoms with Crippen LogP contribution in [0.1, 0.15) is 11.6 Å². The van der Waals surface area contributed by atoms with Crippen LogP contribution in [0.15, 0.2) is 61.1 Å². The Morgan fingerprint density at radius 2 is 1.87 bits per heavy atom. The Labute approximate surface area is 179 Å². The van der Waals surface area contributed by atoms with Gasteiger partial charge in [-0.25, -0.2) is 4.68 Å². The average molecular weight is 421 g/mol. The van der Waals surface area contributed by atoms with Crippen molar-refractivity contribution < 1.29 is 19.0 Å². The third kappa shape index (κ3) is 3.65. The summed E-state index contributed by atoms with van der Waals surface area (Å²) in [6, 6.07) is 12.1. The van der Waals surface area contributed by atoms with E-state index < -0.39 is 12.0 Å². The van der Waals surface area contributed by atoms with E-state index in [0.29, 0.717) is 34.6 Å². The molecule has 0 fully saturated rings. The molecule has 0 aliphatic carbocycles. The number of methoxy groups -OCH3 is 3. The molecule has 1 aliphatic heterocycles. The standard InChI is InChI=1S/C22H23N5O4/c1-13-19(21(28)26-16-7-5-6-8-18(16)31-4)20(27-22(25-13)23-12-24-27)15-11-14(29-2)9-10-17(15)30-3/h5-12,19-20H,1H2,2-4H3,(H,26,28)(H,23,24,25). The van der Waals surface area contributed by atoms with Gasteiger partial charge in [0, 0.05) is 11.3 Å². The molecule has 2 atom stereocenters. The second kappa shape index (κ2) is 8.39. The first-order chi connectivity index (χ1) is 15.1. The van der Waals surface area contributed by atoms with Crippen LogP contribution in [0.2, 0.25) is 0 Å². The van der Waals surface area contributed by atoms with Gasteiger partial charge in [0.25, 0.3) is 0 Å². The van der Waals surface area contributed by atoms with E-state index in [1.807, 2.05) is 18.2 Å². The lowest BCUT2D eigenvalue weighted by Gasteiger charge is -2.34. The maximum Gasteiger partial charge on any atom is 0.236 e. The van der Waals surface area contributed by atoms with Gasteiger partial charge in [0.15, 0.2) is 0 Å². The summed E-state index contributed by atoms with van der Waals surface area (Å²) in [7, 11) is 4.71. The maximum atomic E-state index is 13.5. The van der Waals surface area contributed by atoms with Gasteiger partial charge in [0.1, 0.15) is 35.5 Å². The second-order valence-corrected chi connectivity index (χ2v) is 6.90. The quantitative estimate of drug-likeness (QED) is 0.631. The number of ether oxygens (including phenoxy) is 3. The monoisotopic (exact) mass is 421 g/mol. The number of carbonyl (C=O) groups excluding carboxylic acids is 1. The number of para-hydroxylation sites is 2. The fourth-order valence-corrected chi connectivity index (χ4v) is 3.74. The van der Waals surface area contributed by atoms with E-state index in [2.05, 4.69) is 27.3 Å². The SMILES string of the molecule is C=C1Nc2ncnn2C(c2cc(OC)ccc2OC)C1C(=O)Nc1ccccc1OC. The first-order valence-corrected chi connectivity index (χ1v) is 9.58. The van der Waals surface area contributed by atoms with E-state index in [0.717, 1.165) is 5.56 Å². The molecule has 2 N–H and O–H groups in total. The second-order valence-electron chi connectivity index (χ2n) is 6.90. The van der Waals surface area contributed by atoms with Crippen LogP contribution < -0.4 is 24.8 Å². The zero-order valence-electron chi connectivity index (χ0n) is 17.5. The van der Waals surface area contributed by atoms with Crippen LogP contribution in [0.25, 0.3) is 0 Å². The summed E-state index contributed by atoms with van der Waals surface area (Å²) in [5, 5.41) is 10.4. The largest absolute Gasteiger partial charge is 0.497 e. The molecule has 4 rings (SSSR count). The van der Waals surface area contributed by atoms with Crippen LogP contribution in [0.4, 0.5) is 11.6 Å². The van der Waals surface area contributed by atoms with Crippen molar-refractivity contribution in [2.24, 2.45) is 5.92 Å². The van der Waals surface area contributed by atoms with E-state index in [-0.39, 0.29) is 5.91 Å². The lowest BCUT2D eigenvalue weighted by Crippen LogP contribution is -2.39. The van der Waals surface area contributed by atoms with E-state index in [1.54, 1.807) is 50.3 Å². The molecule has 3 aromatic rings. The number of hydrogen-bond acceptors (Lipinski definition) is 7. The number of rotatable bonds is 6. The van der Waals surface area contributed by atoms with Crippen LogP contribution in [0, 0.1) is 5.92 Å². The Hall–Kier alpha value is -4.01. The molecule has 9 nitrogen and oxygen atoms in total. The summed E-state index contributed by atoms with van der Waals surface area (Å²) in [6.07, 6.45) is 1.43. The first kappa shape index (κ1) is 20.3. The van der Waals surface area contributed by atoms with Gasteiger partial charge in [0.2, 0.25) is 11.9 Å². The molecule has 9 heteroatoms. The Kier molecular flexibility index (Phi) is 5.48. The highest BCUT2D eigenvalue weighted by molar-refractivity contribution is 5.97. The van der Waals surface area contributed by atoms with E-state index >= 15 is 0 Å². The van der Waals surface area contributed by atoms with Crippen LogP contribution in [-0.2, 0) is 4.79 Å². The zero-order valence-corrected chi connectivity index (χ0v) is 17.5. The van der Waals surface area contributed by atoms with E-state index in [9.17, 15) is 4.79 Å². The van der Waals surface area contributed by atoms with Crippen LogP contribution in [0.5, 0.6) is 17.2 Å². The van der Waals surface area contributed by atoms with E-state index in [1.165, 1.54) is 6.33 Å². The summed E-state index contributed by atoms with van der Waals surface area (Å²) in [5.74, 6) is 1.27. The number of anilines is 2. The Bertz CT molecular complexity index is 1130. The van der Waals surface area contributed by atoms with Gasteiger partial charge in [-0.3, -0.25) is 4.79 Å². The number of aromatic nitrogens is 3. The van der Waals surface area contributed by atoms with Crippen LogP contribution in [-0.4, -0.2) is 42.0 Å². The fourth-order valence-electron chi connectivity index (χ4n) is 3.74. The predicted molar refractivity (Wildman–Crippen MR) is 116 cm³/mol. The number of amides is 1. The molecule has 2 heterocycles. The molecule has 0 saturated carbocycles. The van der Waals surface area contributed by atoms with Crippen molar-refractivity contribution in [3.05, 3.63) is 66.6 Å². The predicted octanol–water partition coefficient (Wildman–Crippen LogP) is 3.09. The summed E-state index contributed by atoms with van der Waals surface area (Å²) in [6.45, 7) is 4.10. The van der Waals surface area contributed by atoms with Crippen LogP contribution in [0.3, 0.4) is 0 Å². The third-order valence-corrected chi connectivity index (χ3v) is 5.20. The van der Waals surface area contributed by atoms with Gasteiger partial charge in [-0.15, -0.1) is 0 Å². The fraction of sp³-hybridized carbons (Fsp3) is 0.227. The molecule has 2 unspecified atom stereocenters. The van der Waals surface area contributed by atoms with Crippen molar-refractivity contribution in [2.75, 3.05) is 32.0 Å². The molecule has 1 aliphatic rings. The Balaban J connectivity index is 1.81. The lowest BCUT2D eigenvalue weighted by atomic mass is 9.87. The van der Waals surface area contributed by atoms with Gasteiger partial charge in [-0.2, -0.15) is 10.1 Å². The number of nitrogens with zero attached hydrogens (tertiary/aromatic N) is 3. The molecule has 0 spiro atoms. The number of carbonyl (C=O) groups is 1. The molecule has 0 radical (unpaired) electrons. The number of benzene rings is 2. The average Bonchev–Trinajstić information content (AvgIpc) is 3.26. The molecule has 0 saturated heterocycles. The molecule has 1 aromatic heterocycles. The molecular weight excluding hydrogens is 398 g/mol. The van der Waals surface area contributed by atoms with Crippen molar-refractivity contribution in [2.45, 2.75) is 6.04 Å². The normalized spacial score (nSPS) is 17.3. The molecular formula is C22H23N5O4. The minimum atomic E-state index is -0.722. The number of hydrogen-bond donors (Lipinski definition) is 2. The highest BCUT2D eigenvalue weighted by Gasteiger charge is 2.41. The minimum absolute atomic E-state index is 0.280. The van der Waals surface area contributed by atoms with Crippen molar-refractivity contribution in [1.82, 2.24) is 14.8 Å². The third-order valence-electron chi connectivity index (χ3n) is 5.20. The molecule has 31 heavy (non-hydrogen) atoms.